The Morgan fingerprint density at radius 3 is 2.62 bits per heavy atom. The minimum atomic E-state index is -0.177. The number of hydrogen-bond acceptors (Lipinski definition) is 2. The lowest BCUT2D eigenvalue weighted by Crippen LogP contribution is -2.24. The van der Waals surface area contributed by atoms with Crippen LogP contribution >= 0.6 is 0 Å². The Labute approximate surface area is 125 Å². The Kier molecular flexibility index (Phi) is 3.12. The monoisotopic (exact) mass is 280 g/mol. The molecule has 0 bridgehead atoms. The van der Waals surface area contributed by atoms with Gasteiger partial charge in [0.15, 0.2) is 5.78 Å². The standard InChI is InChI=1S/C19H20O2/c1-12-5-6-13(2)16(9-12)18(20)14-7-8-17-15(10-14)11-19(3,4)21-17/h5-10H,11H2,1-4H3. The van der Waals surface area contributed by atoms with Crippen molar-refractivity contribution in [2.24, 2.45) is 0 Å². The van der Waals surface area contributed by atoms with Crippen molar-refractivity contribution in [2.75, 3.05) is 0 Å². The van der Waals surface area contributed by atoms with Crippen LogP contribution in [0.4, 0.5) is 0 Å². The van der Waals surface area contributed by atoms with Gasteiger partial charge in [-0.1, -0.05) is 17.7 Å². The normalized spacial score (nSPS) is 15.4. The third kappa shape index (κ3) is 2.58. The smallest absolute Gasteiger partial charge is 0.193 e. The van der Waals surface area contributed by atoms with E-state index in [1.54, 1.807) is 0 Å². The molecule has 0 aromatic heterocycles. The summed E-state index contributed by atoms with van der Waals surface area (Å²) in [5, 5.41) is 0. The average molecular weight is 280 g/mol. The number of rotatable bonds is 2. The zero-order valence-corrected chi connectivity index (χ0v) is 13.0. The number of carbonyl (C=O) groups excluding carboxylic acids is 1. The first-order valence-electron chi connectivity index (χ1n) is 7.30. The molecule has 0 aliphatic carbocycles. The lowest BCUT2D eigenvalue weighted by molar-refractivity contribution is 0.103. The van der Waals surface area contributed by atoms with Gasteiger partial charge in [-0.3, -0.25) is 4.79 Å². The van der Waals surface area contributed by atoms with Gasteiger partial charge in [0, 0.05) is 17.5 Å². The number of ketones is 1. The van der Waals surface area contributed by atoms with Crippen LogP contribution in [0.5, 0.6) is 5.75 Å². The van der Waals surface area contributed by atoms with E-state index in [4.69, 9.17) is 4.74 Å². The predicted octanol–water partition coefficient (Wildman–Crippen LogP) is 4.25. The summed E-state index contributed by atoms with van der Waals surface area (Å²) in [6, 6.07) is 11.8. The third-order valence-corrected chi connectivity index (χ3v) is 3.96. The molecule has 0 radical (unpaired) electrons. The summed E-state index contributed by atoms with van der Waals surface area (Å²) in [4.78, 5) is 12.7. The maximum Gasteiger partial charge on any atom is 0.193 e. The number of aryl methyl sites for hydroxylation is 2. The fourth-order valence-corrected chi connectivity index (χ4v) is 2.89. The summed E-state index contributed by atoms with van der Waals surface area (Å²) in [7, 11) is 0. The molecule has 0 spiro atoms. The molecule has 0 fully saturated rings. The first kappa shape index (κ1) is 13.9. The van der Waals surface area contributed by atoms with Gasteiger partial charge in [-0.25, -0.2) is 0 Å². The molecule has 0 saturated heterocycles. The zero-order chi connectivity index (χ0) is 15.2. The van der Waals surface area contributed by atoms with Crippen LogP contribution < -0.4 is 4.74 Å². The third-order valence-electron chi connectivity index (χ3n) is 3.96. The summed E-state index contributed by atoms with van der Waals surface area (Å²) >= 11 is 0. The molecule has 108 valence electrons. The molecule has 0 unspecified atom stereocenters. The van der Waals surface area contributed by atoms with E-state index in [0.29, 0.717) is 0 Å². The van der Waals surface area contributed by atoms with Gasteiger partial charge in [0.1, 0.15) is 11.4 Å². The van der Waals surface area contributed by atoms with Gasteiger partial charge in [0.05, 0.1) is 0 Å². The van der Waals surface area contributed by atoms with Crippen LogP contribution in [0.1, 0.15) is 46.5 Å². The number of fused-ring (bicyclic) bond motifs is 1. The van der Waals surface area contributed by atoms with Gasteiger partial charge in [-0.15, -0.1) is 0 Å². The molecule has 0 atom stereocenters. The van der Waals surface area contributed by atoms with E-state index in [2.05, 4.69) is 13.8 Å². The van der Waals surface area contributed by atoms with Crippen LogP contribution in [0.25, 0.3) is 0 Å². The van der Waals surface area contributed by atoms with E-state index >= 15 is 0 Å². The fourth-order valence-electron chi connectivity index (χ4n) is 2.89. The molecular formula is C19H20O2. The topological polar surface area (TPSA) is 26.3 Å². The molecule has 21 heavy (non-hydrogen) atoms. The van der Waals surface area contributed by atoms with Crippen LogP contribution in [-0.4, -0.2) is 11.4 Å². The van der Waals surface area contributed by atoms with Gasteiger partial charge in [0.25, 0.3) is 0 Å². The van der Waals surface area contributed by atoms with Crippen molar-refractivity contribution in [1.82, 2.24) is 0 Å². The molecule has 0 saturated carbocycles. The van der Waals surface area contributed by atoms with Gasteiger partial charge >= 0.3 is 0 Å². The second-order valence-corrected chi connectivity index (χ2v) is 6.51. The van der Waals surface area contributed by atoms with Crippen molar-refractivity contribution in [3.63, 3.8) is 0 Å². The summed E-state index contributed by atoms with van der Waals surface area (Å²) in [5.74, 6) is 0.987. The van der Waals surface area contributed by atoms with Gasteiger partial charge < -0.3 is 4.74 Å². The molecule has 2 aromatic carbocycles. The summed E-state index contributed by atoms with van der Waals surface area (Å²) < 4.78 is 5.87. The Morgan fingerprint density at radius 1 is 1.10 bits per heavy atom. The highest BCUT2D eigenvalue weighted by Crippen LogP contribution is 2.35. The first-order chi connectivity index (χ1) is 9.85. The van der Waals surface area contributed by atoms with E-state index in [1.165, 1.54) is 0 Å². The van der Waals surface area contributed by atoms with Crippen molar-refractivity contribution >= 4 is 5.78 Å². The Morgan fingerprint density at radius 2 is 1.86 bits per heavy atom. The van der Waals surface area contributed by atoms with Crippen LogP contribution in [0.2, 0.25) is 0 Å². The molecule has 2 nitrogen and oxygen atoms in total. The molecule has 2 heteroatoms. The Hall–Kier alpha value is -2.09. The lowest BCUT2D eigenvalue weighted by Gasteiger charge is -2.16. The molecule has 1 heterocycles. The highest BCUT2D eigenvalue weighted by atomic mass is 16.5. The number of benzene rings is 2. The Balaban J connectivity index is 1.99. The number of carbonyl (C=O) groups is 1. The summed E-state index contributed by atoms with van der Waals surface area (Å²) in [6.45, 7) is 8.12. The Bertz CT molecular complexity index is 726. The predicted molar refractivity (Wildman–Crippen MR) is 84.2 cm³/mol. The quantitative estimate of drug-likeness (QED) is 0.769. The van der Waals surface area contributed by atoms with Crippen LogP contribution in [-0.2, 0) is 6.42 Å². The SMILES string of the molecule is Cc1ccc(C)c(C(=O)c2ccc3c(c2)CC(C)(C)O3)c1. The van der Waals surface area contributed by atoms with E-state index in [0.717, 1.165) is 40.0 Å². The highest BCUT2D eigenvalue weighted by molar-refractivity contribution is 6.10. The second-order valence-electron chi connectivity index (χ2n) is 6.51. The maximum absolute atomic E-state index is 12.7. The molecular weight excluding hydrogens is 260 g/mol. The summed E-state index contributed by atoms with van der Waals surface area (Å²) in [5.41, 5.74) is 4.59. The van der Waals surface area contributed by atoms with Gasteiger partial charge in [-0.05, 0) is 63.1 Å². The maximum atomic E-state index is 12.7. The van der Waals surface area contributed by atoms with E-state index in [1.807, 2.05) is 50.2 Å². The van der Waals surface area contributed by atoms with Crippen molar-refractivity contribution in [1.29, 1.82) is 0 Å². The zero-order valence-electron chi connectivity index (χ0n) is 13.0. The van der Waals surface area contributed by atoms with Crippen molar-refractivity contribution in [3.8, 4) is 5.75 Å². The minimum Gasteiger partial charge on any atom is -0.487 e. The van der Waals surface area contributed by atoms with Gasteiger partial charge in [0.2, 0.25) is 0 Å². The van der Waals surface area contributed by atoms with Crippen molar-refractivity contribution < 1.29 is 9.53 Å². The summed E-state index contributed by atoms with van der Waals surface area (Å²) in [6.07, 6.45) is 0.844. The molecule has 1 aliphatic rings. The molecule has 2 aromatic rings. The lowest BCUT2D eigenvalue weighted by atomic mass is 9.94. The second kappa shape index (κ2) is 4.73. The van der Waals surface area contributed by atoms with Crippen LogP contribution in [0.15, 0.2) is 36.4 Å². The molecule has 0 N–H and O–H groups in total. The van der Waals surface area contributed by atoms with Crippen LogP contribution in [0.3, 0.4) is 0 Å². The molecule has 3 rings (SSSR count). The number of ether oxygens (including phenoxy) is 1. The molecule has 1 aliphatic heterocycles. The van der Waals surface area contributed by atoms with Crippen molar-refractivity contribution in [3.05, 3.63) is 64.2 Å². The van der Waals surface area contributed by atoms with E-state index in [-0.39, 0.29) is 11.4 Å². The van der Waals surface area contributed by atoms with Gasteiger partial charge in [-0.2, -0.15) is 0 Å². The molecule has 0 amide bonds. The number of hydrogen-bond donors (Lipinski definition) is 0. The van der Waals surface area contributed by atoms with E-state index in [9.17, 15) is 4.79 Å². The van der Waals surface area contributed by atoms with Crippen molar-refractivity contribution in [2.45, 2.75) is 39.7 Å². The van der Waals surface area contributed by atoms with Crippen LogP contribution in [0, 0.1) is 13.8 Å². The van der Waals surface area contributed by atoms with E-state index < -0.39 is 0 Å². The fraction of sp³-hybridized carbons (Fsp3) is 0.316. The first-order valence-corrected chi connectivity index (χ1v) is 7.30. The minimum absolute atomic E-state index is 0.0868. The highest BCUT2D eigenvalue weighted by Gasteiger charge is 2.30. The average Bonchev–Trinajstić information content (AvgIpc) is 2.73. The largest absolute Gasteiger partial charge is 0.487 e.